The summed E-state index contributed by atoms with van der Waals surface area (Å²) in [6, 6.07) is 0. The molecule has 0 bridgehead atoms. The largest absolute Gasteiger partial charge is 0.281 e. The highest BCUT2D eigenvalue weighted by Crippen LogP contribution is 2.35. The number of hydrogen-bond acceptors (Lipinski definition) is 1. The minimum atomic E-state index is -1.07. The van der Waals surface area contributed by atoms with E-state index in [1.165, 1.54) is 0 Å². The van der Waals surface area contributed by atoms with Gasteiger partial charge in [0.15, 0.2) is 0 Å². The molecular weight excluding hydrogens is 167 g/mol. The van der Waals surface area contributed by atoms with E-state index in [1.807, 2.05) is 0 Å². The van der Waals surface area contributed by atoms with Gasteiger partial charge in [0.25, 0.3) is 0 Å². The van der Waals surface area contributed by atoms with Crippen LogP contribution in [0.3, 0.4) is 0 Å². The summed E-state index contributed by atoms with van der Waals surface area (Å²) in [6.45, 7) is 1.59. The molecule has 64 valence electrons. The Bertz CT molecular complexity index is 157. The number of carbonyl (C=O) groups excluding carboxylic acids is 1. The van der Waals surface area contributed by atoms with Crippen LogP contribution >= 0.6 is 11.6 Å². The third kappa shape index (κ3) is 2.44. The Morgan fingerprint density at radius 1 is 1.55 bits per heavy atom. The summed E-state index contributed by atoms with van der Waals surface area (Å²) in [5.74, 6) is -0.0968. The van der Waals surface area contributed by atoms with Crippen molar-refractivity contribution < 1.29 is 9.18 Å². The summed E-state index contributed by atoms with van der Waals surface area (Å²) in [6.07, 6.45) is 2.15. The predicted octanol–water partition coefficient (Wildman–Crippen LogP) is 2.67. The van der Waals surface area contributed by atoms with Crippen LogP contribution in [-0.2, 0) is 4.79 Å². The van der Waals surface area contributed by atoms with Crippen molar-refractivity contribution in [1.82, 2.24) is 0 Å². The van der Waals surface area contributed by atoms with E-state index in [0.717, 1.165) is 0 Å². The maximum atomic E-state index is 13.2. The second kappa shape index (κ2) is 3.10. The monoisotopic (exact) mass is 178 g/mol. The van der Waals surface area contributed by atoms with Gasteiger partial charge in [0.1, 0.15) is 5.67 Å². The molecule has 1 saturated carbocycles. The van der Waals surface area contributed by atoms with Crippen molar-refractivity contribution >= 4 is 16.8 Å². The number of hydrogen-bond donors (Lipinski definition) is 0. The van der Waals surface area contributed by atoms with Crippen LogP contribution in [0.15, 0.2) is 0 Å². The normalized spacial score (nSPS) is 38.6. The van der Waals surface area contributed by atoms with Gasteiger partial charge in [0.2, 0.25) is 5.24 Å². The first-order valence-electron chi connectivity index (χ1n) is 3.89. The lowest BCUT2D eigenvalue weighted by Crippen LogP contribution is -2.28. The van der Waals surface area contributed by atoms with Gasteiger partial charge >= 0.3 is 0 Å². The molecule has 0 atom stereocenters. The molecule has 0 heterocycles. The standard InChI is InChI=1S/C8H12ClFO/c1-8(10)4-2-6(3-5-8)7(9)11/h6H,2-5H2,1H3/t6-,8-. The molecule has 0 aromatic rings. The Morgan fingerprint density at radius 2 is 2.00 bits per heavy atom. The summed E-state index contributed by atoms with van der Waals surface area (Å²) in [7, 11) is 0. The average Bonchev–Trinajstić information content (AvgIpc) is 1.86. The maximum Gasteiger partial charge on any atom is 0.224 e. The Kier molecular flexibility index (Phi) is 2.53. The molecule has 11 heavy (non-hydrogen) atoms. The van der Waals surface area contributed by atoms with Crippen molar-refractivity contribution in [3.05, 3.63) is 0 Å². The van der Waals surface area contributed by atoms with Crippen molar-refractivity contribution in [3.8, 4) is 0 Å². The Morgan fingerprint density at radius 3 is 2.36 bits per heavy atom. The first-order chi connectivity index (χ1) is 5.01. The molecule has 1 nitrogen and oxygen atoms in total. The first-order valence-corrected chi connectivity index (χ1v) is 4.27. The number of alkyl halides is 1. The van der Waals surface area contributed by atoms with Crippen LogP contribution in [0.2, 0.25) is 0 Å². The van der Waals surface area contributed by atoms with Crippen molar-refractivity contribution in [3.63, 3.8) is 0 Å². The van der Waals surface area contributed by atoms with E-state index in [1.54, 1.807) is 6.92 Å². The van der Waals surface area contributed by atoms with Crippen molar-refractivity contribution in [1.29, 1.82) is 0 Å². The zero-order valence-corrected chi connectivity index (χ0v) is 7.33. The number of rotatable bonds is 1. The first kappa shape index (κ1) is 8.98. The molecule has 0 aromatic heterocycles. The van der Waals surface area contributed by atoms with E-state index in [2.05, 4.69) is 0 Å². The molecule has 0 aromatic carbocycles. The van der Waals surface area contributed by atoms with Crippen LogP contribution in [0.5, 0.6) is 0 Å². The Balaban J connectivity index is 2.42. The van der Waals surface area contributed by atoms with Crippen LogP contribution in [-0.4, -0.2) is 10.9 Å². The molecule has 0 unspecified atom stereocenters. The molecule has 0 radical (unpaired) electrons. The van der Waals surface area contributed by atoms with E-state index >= 15 is 0 Å². The highest BCUT2D eigenvalue weighted by molar-refractivity contribution is 6.63. The quantitative estimate of drug-likeness (QED) is 0.565. The third-order valence-electron chi connectivity index (χ3n) is 2.35. The maximum absolute atomic E-state index is 13.2. The van der Waals surface area contributed by atoms with Gasteiger partial charge in [-0.05, 0) is 44.2 Å². The molecule has 0 amide bonds. The summed E-state index contributed by atoms with van der Waals surface area (Å²) in [4.78, 5) is 10.7. The third-order valence-corrected chi connectivity index (χ3v) is 2.66. The fraction of sp³-hybridized carbons (Fsp3) is 0.875. The van der Waals surface area contributed by atoms with Gasteiger partial charge in [0.05, 0.1) is 0 Å². The Labute approximate surface area is 70.9 Å². The van der Waals surface area contributed by atoms with E-state index in [0.29, 0.717) is 25.7 Å². The zero-order chi connectivity index (χ0) is 8.48. The topological polar surface area (TPSA) is 17.1 Å². The molecular formula is C8H12ClFO. The van der Waals surface area contributed by atoms with E-state index in [-0.39, 0.29) is 11.2 Å². The zero-order valence-electron chi connectivity index (χ0n) is 6.57. The molecule has 1 aliphatic rings. The lowest BCUT2D eigenvalue weighted by molar-refractivity contribution is -0.116. The van der Waals surface area contributed by atoms with Crippen LogP contribution in [0.4, 0.5) is 4.39 Å². The summed E-state index contributed by atoms with van der Waals surface area (Å²) in [5.41, 5.74) is -1.07. The highest BCUT2D eigenvalue weighted by Gasteiger charge is 2.32. The van der Waals surface area contributed by atoms with Crippen molar-refractivity contribution in [2.45, 2.75) is 38.3 Å². The number of carbonyl (C=O) groups is 1. The van der Waals surface area contributed by atoms with Gasteiger partial charge in [-0.3, -0.25) is 4.79 Å². The lowest BCUT2D eigenvalue weighted by atomic mass is 9.82. The van der Waals surface area contributed by atoms with Crippen LogP contribution in [0, 0.1) is 5.92 Å². The van der Waals surface area contributed by atoms with Gasteiger partial charge < -0.3 is 0 Å². The summed E-state index contributed by atoms with van der Waals surface area (Å²) in [5, 5.41) is -0.305. The van der Waals surface area contributed by atoms with Gasteiger partial charge in [-0.15, -0.1) is 0 Å². The predicted molar refractivity (Wildman–Crippen MR) is 42.3 cm³/mol. The van der Waals surface area contributed by atoms with Gasteiger partial charge in [0, 0.05) is 5.92 Å². The van der Waals surface area contributed by atoms with E-state index in [4.69, 9.17) is 11.6 Å². The second-order valence-corrected chi connectivity index (χ2v) is 3.86. The minimum Gasteiger partial charge on any atom is -0.281 e. The van der Waals surface area contributed by atoms with Gasteiger partial charge in [-0.1, -0.05) is 0 Å². The summed E-state index contributed by atoms with van der Waals surface area (Å²) >= 11 is 5.29. The highest BCUT2D eigenvalue weighted by atomic mass is 35.5. The van der Waals surface area contributed by atoms with Crippen LogP contribution in [0.1, 0.15) is 32.6 Å². The fourth-order valence-corrected chi connectivity index (χ4v) is 1.66. The van der Waals surface area contributed by atoms with Gasteiger partial charge in [-0.2, -0.15) is 0 Å². The second-order valence-electron chi connectivity index (χ2n) is 3.49. The molecule has 0 saturated heterocycles. The number of halogens is 2. The van der Waals surface area contributed by atoms with E-state index < -0.39 is 5.67 Å². The molecule has 1 fully saturated rings. The molecule has 3 heteroatoms. The molecule has 0 spiro atoms. The SMILES string of the molecule is C[C@]1(F)CC[C@H](C(=O)Cl)CC1. The molecule has 0 N–H and O–H groups in total. The lowest BCUT2D eigenvalue weighted by Gasteiger charge is -2.28. The van der Waals surface area contributed by atoms with Crippen LogP contribution < -0.4 is 0 Å². The van der Waals surface area contributed by atoms with Crippen LogP contribution in [0.25, 0.3) is 0 Å². The van der Waals surface area contributed by atoms with Gasteiger partial charge in [-0.25, -0.2) is 4.39 Å². The van der Waals surface area contributed by atoms with Crippen molar-refractivity contribution in [2.75, 3.05) is 0 Å². The smallest absolute Gasteiger partial charge is 0.224 e. The molecule has 1 aliphatic carbocycles. The molecule has 1 rings (SSSR count). The Hall–Kier alpha value is -0.110. The minimum absolute atomic E-state index is 0.0968. The average molecular weight is 179 g/mol. The fourth-order valence-electron chi connectivity index (χ4n) is 1.45. The van der Waals surface area contributed by atoms with Crippen molar-refractivity contribution in [2.24, 2.45) is 5.92 Å². The summed E-state index contributed by atoms with van der Waals surface area (Å²) < 4.78 is 13.2. The van der Waals surface area contributed by atoms with E-state index in [9.17, 15) is 9.18 Å². The molecule has 0 aliphatic heterocycles.